The number of benzene rings is 2. The molecular weight excluding hydrogens is 334 g/mol. The van der Waals surface area contributed by atoms with Crippen LogP contribution < -0.4 is 10.1 Å². The molecule has 25 heavy (non-hydrogen) atoms. The maximum absolute atomic E-state index is 12.4. The van der Waals surface area contributed by atoms with E-state index in [9.17, 15) is 18.9 Å². The average Bonchev–Trinajstić information content (AvgIpc) is 2.97. The molecule has 0 saturated heterocycles. The first-order valence-corrected chi connectivity index (χ1v) is 7.43. The molecule has 3 rings (SSSR count). The van der Waals surface area contributed by atoms with Gasteiger partial charge in [0, 0.05) is 30.8 Å². The van der Waals surface area contributed by atoms with Crippen molar-refractivity contribution < 1.29 is 18.4 Å². The van der Waals surface area contributed by atoms with E-state index in [0.717, 1.165) is 22.9 Å². The zero-order valence-electron chi connectivity index (χ0n) is 12.9. The minimum absolute atomic E-state index is 0.442. The van der Waals surface area contributed by atoms with E-state index in [1.54, 1.807) is 0 Å². The fraction of sp³-hybridized carbons (Fsp3) is 0.188. The van der Waals surface area contributed by atoms with Crippen molar-refractivity contribution in [2.75, 3.05) is 11.9 Å². The van der Waals surface area contributed by atoms with Gasteiger partial charge in [0.05, 0.1) is 16.0 Å². The summed E-state index contributed by atoms with van der Waals surface area (Å²) in [4.78, 5) is 17.7. The van der Waals surface area contributed by atoms with Crippen LogP contribution in [0.2, 0.25) is 0 Å². The van der Waals surface area contributed by atoms with Crippen molar-refractivity contribution in [3.8, 4) is 5.75 Å². The molecule has 0 saturated carbocycles. The number of rotatable bonds is 7. The molecule has 7 nitrogen and oxygen atoms in total. The Labute approximate surface area is 140 Å². The van der Waals surface area contributed by atoms with Gasteiger partial charge in [0.25, 0.3) is 0 Å². The minimum Gasteiger partial charge on any atom is -0.427 e. The Bertz CT molecular complexity index is 865. The number of ether oxygens (including phenoxy) is 1. The number of alkyl halides is 2. The molecule has 1 aromatic heterocycles. The van der Waals surface area contributed by atoms with Gasteiger partial charge in [-0.3, -0.25) is 10.1 Å². The van der Waals surface area contributed by atoms with Crippen LogP contribution in [0.3, 0.4) is 0 Å². The smallest absolute Gasteiger partial charge is 0.387 e. The molecule has 3 aromatic rings. The van der Waals surface area contributed by atoms with Crippen molar-refractivity contribution in [1.29, 1.82) is 0 Å². The van der Waals surface area contributed by atoms with Gasteiger partial charge in [0.2, 0.25) is 5.75 Å². The zero-order chi connectivity index (χ0) is 17.8. The number of H-pyrrole nitrogens is 1. The topological polar surface area (TPSA) is 93.1 Å². The summed E-state index contributed by atoms with van der Waals surface area (Å²) in [5.41, 5.74) is 1.72. The number of aromatic amines is 1. The van der Waals surface area contributed by atoms with E-state index < -0.39 is 23.0 Å². The first-order valence-electron chi connectivity index (χ1n) is 7.43. The normalized spacial score (nSPS) is 11.0. The molecule has 0 radical (unpaired) electrons. The highest BCUT2D eigenvalue weighted by atomic mass is 19.3. The molecule has 0 amide bonds. The fourth-order valence-corrected chi connectivity index (χ4v) is 2.41. The van der Waals surface area contributed by atoms with Crippen LogP contribution in [0.1, 0.15) is 5.82 Å². The Hall–Kier alpha value is -3.23. The number of para-hydroxylation sites is 2. The summed E-state index contributed by atoms with van der Waals surface area (Å²) in [7, 11) is 0. The van der Waals surface area contributed by atoms with Gasteiger partial charge in [-0.25, -0.2) is 4.98 Å². The van der Waals surface area contributed by atoms with Crippen LogP contribution in [-0.4, -0.2) is 28.0 Å². The first-order chi connectivity index (χ1) is 12.0. The molecule has 9 heteroatoms. The standard InChI is InChI=1S/C16H14F2N4O3/c17-16(18)25-14-9-10(5-6-13(14)22(23)24)19-8-7-15-20-11-3-1-2-4-12(11)21-15/h1-6,9,16,19H,7-8H2,(H,20,21). The summed E-state index contributed by atoms with van der Waals surface area (Å²) >= 11 is 0. The van der Waals surface area contributed by atoms with Gasteiger partial charge < -0.3 is 15.0 Å². The monoisotopic (exact) mass is 348 g/mol. The first kappa shape index (κ1) is 16.6. The van der Waals surface area contributed by atoms with Gasteiger partial charge in [0.15, 0.2) is 0 Å². The lowest BCUT2D eigenvalue weighted by atomic mass is 10.2. The van der Waals surface area contributed by atoms with Crippen LogP contribution in [0.5, 0.6) is 5.75 Å². The van der Waals surface area contributed by atoms with E-state index in [1.807, 2.05) is 24.3 Å². The van der Waals surface area contributed by atoms with Crippen molar-refractivity contribution in [3.05, 3.63) is 58.4 Å². The average molecular weight is 348 g/mol. The van der Waals surface area contributed by atoms with E-state index in [-0.39, 0.29) is 0 Å². The van der Waals surface area contributed by atoms with Gasteiger partial charge in [0.1, 0.15) is 5.82 Å². The molecule has 0 aliphatic carbocycles. The number of halogens is 2. The largest absolute Gasteiger partial charge is 0.427 e. The highest BCUT2D eigenvalue weighted by Gasteiger charge is 2.19. The highest BCUT2D eigenvalue weighted by Crippen LogP contribution is 2.31. The Balaban J connectivity index is 1.67. The third kappa shape index (κ3) is 4.00. The van der Waals surface area contributed by atoms with E-state index in [1.165, 1.54) is 12.1 Å². The van der Waals surface area contributed by atoms with Gasteiger partial charge in [-0.1, -0.05) is 12.1 Å². The number of nitrogens with one attached hydrogen (secondary N) is 2. The van der Waals surface area contributed by atoms with Gasteiger partial charge in [-0.2, -0.15) is 8.78 Å². The molecule has 0 aliphatic rings. The second-order valence-corrected chi connectivity index (χ2v) is 5.20. The molecule has 0 unspecified atom stereocenters. The summed E-state index contributed by atoms with van der Waals surface area (Å²) in [6.45, 7) is -2.67. The Morgan fingerprint density at radius 1 is 1.28 bits per heavy atom. The minimum atomic E-state index is -3.13. The lowest BCUT2D eigenvalue weighted by Gasteiger charge is -2.09. The summed E-state index contributed by atoms with van der Waals surface area (Å²) in [6.07, 6.45) is 0.566. The molecule has 0 fully saturated rings. The number of anilines is 1. The molecule has 1 heterocycles. The Morgan fingerprint density at radius 2 is 2.08 bits per heavy atom. The lowest BCUT2D eigenvalue weighted by Crippen LogP contribution is -2.08. The fourth-order valence-electron chi connectivity index (χ4n) is 2.41. The maximum atomic E-state index is 12.4. The number of hydrogen-bond donors (Lipinski definition) is 2. The van der Waals surface area contributed by atoms with Crippen LogP contribution in [-0.2, 0) is 6.42 Å². The van der Waals surface area contributed by atoms with E-state index in [0.29, 0.717) is 18.7 Å². The zero-order valence-corrected chi connectivity index (χ0v) is 12.9. The molecule has 2 aromatic carbocycles. The van der Waals surface area contributed by atoms with E-state index in [4.69, 9.17) is 0 Å². The SMILES string of the molecule is O=[N+]([O-])c1ccc(NCCc2nc3ccccc3[nH]2)cc1OC(F)F. The molecule has 0 bridgehead atoms. The van der Waals surface area contributed by atoms with Crippen molar-refractivity contribution in [3.63, 3.8) is 0 Å². The second-order valence-electron chi connectivity index (χ2n) is 5.20. The van der Waals surface area contributed by atoms with Crippen molar-refractivity contribution >= 4 is 22.4 Å². The van der Waals surface area contributed by atoms with Gasteiger partial charge in [-0.15, -0.1) is 0 Å². The van der Waals surface area contributed by atoms with Gasteiger partial charge >= 0.3 is 12.3 Å². The summed E-state index contributed by atoms with van der Waals surface area (Å²) in [6, 6.07) is 11.4. The van der Waals surface area contributed by atoms with Crippen molar-refractivity contribution in [2.45, 2.75) is 13.0 Å². The van der Waals surface area contributed by atoms with Crippen LogP contribution >= 0.6 is 0 Å². The number of hydrogen-bond acceptors (Lipinski definition) is 5. The molecular formula is C16H14F2N4O3. The molecule has 0 aliphatic heterocycles. The summed E-state index contributed by atoms with van der Waals surface area (Å²) < 4.78 is 29.0. The molecule has 130 valence electrons. The van der Waals surface area contributed by atoms with E-state index in [2.05, 4.69) is 20.0 Å². The third-order valence-corrected chi connectivity index (χ3v) is 3.50. The van der Waals surface area contributed by atoms with Crippen LogP contribution in [0, 0.1) is 10.1 Å². The predicted molar refractivity (Wildman–Crippen MR) is 88.0 cm³/mol. The number of nitrogens with zero attached hydrogens (tertiary/aromatic N) is 2. The number of aromatic nitrogens is 2. The maximum Gasteiger partial charge on any atom is 0.387 e. The summed E-state index contributed by atoms with van der Waals surface area (Å²) in [5, 5.41) is 13.9. The van der Waals surface area contributed by atoms with Gasteiger partial charge in [-0.05, 0) is 18.2 Å². The summed E-state index contributed by atoms with van der Waals surface area (Å²) in [5.74, 6) is 0.299. The van der Waals surface area contributed by atoms with Crippen LogP contribution in [0.4, 0.5) is 20.2 Å². The number of imidazole rings is 1. The number of nitro groups is 1. The van der Waals surface area contributed by atoms with Crippen LogP contribution in [0.15, 0.2) is 42.5 Å². The second kappa shape index (κ2) is 7.12. The van der Waals surface area contributed by atoms with Crippen molar-refractivity contribution in [1.82, 2.24) is 9.97 Å². The van der Waals surface area contributed by atoms with Crippen LogP contribution in [0.25, 0.3) is 11.0 Å². The molecule has 2 N–H and O–H groups in total. The lowest BCUT2D eigenvalue weighted by molar-refractivity contribution is -0.386. The highest BCUT2D eigenvalue weighted by molar-refractivity contribution is 5.74. The predicted octanol–water partition coefficient (Wildman–Crippen LogP) is 3.73. The quantitative estimate of drug-likeness (QED) is 0.501. The van der Waals surface area contributed by atoms with E-state index >= 15 is 0 Å². The molecule has 0 spiro atoms. The third-order valence-electron chi connectivity index (χ3n) is 3.50. The van der Waals surface area contributed by atoms with Crippen molar-refractivity contribution in [2.24, 2.45) is 0 Å². The Kier molecular flexibility index (Phi) is 4.73. The Morgan fingerprint density at radius 3 is 2.80 bits per heavy atom. The molecule has 0 atom stereocenters. The number of nitro benzene ring substituents is 1. The number of fused-ring (bicyclic) bond motifs is 1.